The van der Waals surface area contributed by atoms with Crippen molar-refractivity contribution in [3.63, 3.8) is 0 Å². The van der Waals surface area contributed by atoms with Crippen LogP contribution in [0.4, 0.5) is 0 Å². The lowest BCUT2D eigenvalue weighted by Gasteiger charge is -2.48. The Morgan fingerprint density at radius 1 is 1.29 bits per heavy atom. The van der Waals surface area contributed by atoms with Crippen LogP contribution in [0.25, 0.3) is 0 Å². The van der Waals surface area contributed by atoms with Crippen LogP contribution in [0.2, 0.25) is 0 Å². The minimum absolute atomic E-state index is 0.0382. The van der Waals surface area contributed by atoms with Crippen LogP contribution < -0.4 is 5.32 Å². The molecule has 1 N–H and O–H groups in total. The SMILES string of the molecule is CC(C)C(=O)NCC(=O)N1CCC[C@@]2(CCC(=O)N(Cc3cccnc3)C2)C1. The first-order valence-corrected chi connectivity index (χ1v) is 10.1. The van der Waals surface area contributed by atoms with Gasteiger partial charge in [-0.25, -0.2) is 0 Å². The number of nitrogens with zero attached hydrogens (tertiary/aromatic N) is 3. The number of piperidine rings is 2. The van der Waals surface area contributed by atoms with E-state index in [0.717, 1.165) is 24.8 Å². The second-order valence-corrected chi connectivity index (χ2v) is 8.40. The van der Waals surface area contributed by atoms with Crippen LogP contribution in [-0.2, 0) is 20.9 Å². The number of hydrogen-bond acceptors (Lipinski definition) is 4. The van der Waals surface area contributed by atoms with E-state index in [1.54, 1.807) is 12.4 Å². The van der Waals surface area contributed by atoms with Gasteiger partial charge in [0.25, 0.3) is 0 Å². The lowest BCUT2D eigenvalue weighted by molar-refractivity contribution is -0.144. The van der Waals surface area contributed by atoms with Crippen LogP contribution in [0.1, 0.15) is 45.1 Å². The summed E-state index contributed by atoms with van der Waals surface area (Å²) in [4.78, 5) is 44.7. The van der Waals surface area contributed by atoms with Gasteiger partial charge in [-0.05, 0) is 30.9 Å². The smallest absolute Gasteiger partial charge is 0.241 e. The van der Waals surface area contributed by atoms with Crippen molar-refractivity contribution in [1.82, 2.24) is 20.1 Å². The molecule has 0 bridgehead atoms. The average Bonchev–Trinajstić information content (AvgIpc) is 2.69. The van der Waals surface area contributed by atoms with Gasteiger partial charge in [-0.15, -0.1) is 0 Å². The summed E-state index contributed by atoms with van der Waals surface area (Å²) in [5, 5.41) is 2.72. The number of aromatic nitrogens is 1. The molecule has 0 radical (unpaired) electrons. The van der Waals surface area contributed by atoms with Gasteiger partial charge in [0, 0.05) is 56.3 Å². The highest BCUT2D eigenvalue weighted by atomic mass is 16.2. The van der Waals surface area contributed by atoms with Crippen molar-refractivity contribution in [3.8, 4) is 0 Å². The van der Waals surface area contributed by atoms with Crippen molar-refractivity contribution >= 4 is 17.7 Å². The number of hydrogen-bond donors (Lipinski definition) is 1. The Balaban J connectivity index is 1.62. The van der Waals surface area contributed by atoms with Crippen LogP contribution in [-0.4, -0.2) is 58.7 Å². The average molecular weight is 386 g/mol. The summed E-state index contributed by atoms with van der Waals surface area (Å²) in [6.07, 6.45) is 6.81. The Morgan fingerprint density at radius 2 is 2.11 bits per heavy atom. The number of nitrogens with one attached hydrogen (secondary N) is 1. The Labute approximate surface area is 166 Å². The molecule has 1 aromatic heterocycles. The highest BCUT2D eigenvalue weighted by molar-refractivity contribution is 5.85. The summed E-state index contributed by atoms with van der Waals surface area (Å²) in [5.74, 6) is -0.109. The summed E-state index contributed by atoms with van der Waals surface area (Å²) in [6, 6.07) is 3.86. The molecule has 2 fully saturated rings. The highest BCUT2D eigenvalue weighted by Gasteiger charge is 2.42. The first-order valence-electron chi connectivity index (χ1n) is 10.1. The van der Waals surface area contributed by atoms with E-state index in [-0.39, 0.29) is 35.6 Å². The van der Waals surface area contributed by atoms with E-state index in [0.29, 0.717) is 32.6 Å². The molecule has 0 saturated carbocycles. The van der Waals surface area contributed by atoms with Gasteiger partial charge in [0.2, 0.25) is 17.7 Å². The number of amides is 3. The molecule has 28 heavy (non-hydrogen) atoms. The third kappa shape index (κ3) is 4.88. The van der Waals surface area contributed by atoms with Crippen LogP contribution in [0.5, 0.6) is 0 Å². The van der Waals surface area contributed by atoms with E-state index < -0.39 is 0 Å². The third-order valence-corrected chi connectivity index (χ3v) is 5.80. The lowest BCUT2D eigenvalue weighted by Crippen LogP contribution is -2.56. The van der Waals surface area contributed by atoms with Crippen molar-refractivity contribution in [2.24, 2.45) is 11.3 Å². The number of likely N-dealkylation sites (tertiary alicyclic amines) is 2. The van der Waals surface area contributed by atoms with Gasteiger partial charge < -0.3 is 15.1 Å². The maximum atomic E-state index is 12.6. The molecule has 1 spiro atoms. The number of rotatable bonds is 5. The van der Waals surface area contributed by atoms with Crippen molar-refractivity contribution in [3.05, 3.63) is 30.1 Å². The van der Waals surface area contributed by atoms with Crippen LogP contribution in [0, 0.1) is 11.3 Å². The standard InChI is InChI=1S/C21H30N4O3/c1-16(2)20(28)23-12-19(27)24-10-4-7-21(14-24)8-6-18(26)25(15-21)13-17-5-3-9-22-11-17/h3,5,9,11,16H,4,6-8,10,12-15H2,1-2H3,(H,23,28)/t21-/m1/s1. The predicted molar refractivity (Wildman–Crippen MR) is 105 cm³/mol. The highest BCUT2D eigenvalue weighted by Crippen LogP contribution is 2.39. The predicted octanol–water partition coefficient (Wildman–Crippen LogP) is 1.58. The molecule has 0 aromatic carbocycles. The summed E-state index contributed by atoms with van der Waals surface area (Å²) in [6.45, 7) is 6.27. The van der Waals surface area contributed by atoms with Crippen molar-refractivity contribution in [1.29, 1.82) is 0 Å². The normalized spacial score (nSPS) is 22.6. The van der Waals surface area contributed by atoms with Gasteiger partial charge in [0.05, 0.1) is 6.54 Å². The Kier molecular flexibility index (Phi) is 6.31. The minimum Gasteiger partial charge on any atom is -0.347 e. The Bertz CT molecular complexity index is 722. The molecular formula is C21H30N4O3. The second-order valence-electron chi connectivity index (χ2n) is 8.40. The summed E-state index contributed by atoms with van der Waals surface area (Å²) < 4.78 is 0. The van der Waals surface area contributed by atoms with Gasteiger partial charge >= 0.3 is 0 Å². The molecule has 1 aromatic rings. The summed E-state index contributed by atoms with van der Waals surface area (Å²) >= 11 is 0. The maximum absolute atomic E-state index is 12.6. The minimum atomic E-state index is -0.133. The third-order valence-electron chi connectivity index (χ3n) is 5.80. The van der Waals surface area contributed by atoms with Gasteiger partial charge in [-0.3, -0.25) is 19.4 Å². The molecule has 1 atom stereocenters. The maximum Gasteiger partial charge on any atom is 0.241 e. The van der Waals surface area contributed by atoms with E-state index >= 15 is 0 Å². The number of carbonyl (C=O) groups is 3. The first kappa shape index (κ1) is 20.3. The molecule has 2 aliphatic rings. The van der Waals surface area contributed by atoms with E-state index in [1.165, 1.54) is 0 Å². The first-order chi connectivity index (χ1) is 13.4. The van der Waals surface area contributed by atoms with Crippen molar-refractivity contribution < 1.29 is 14.4 Å². The van der Waals surface area contributed by atoms with Gasteiger partial charge in [0.15, 0.2) is 0 Å². The van der Waals surface area contributed by atoms with Crippen LogP contribution >= 0.6 is 0 Å². The zero-order valence-electron chi connectivity index (χ0n) is 16.8. The molecule has 152 valence electrons. The molecule has 7 nitrogen and oxygen atoms in total. The molecule has 2 saturated heterocycles. The molecular weight excluding hydrogens is 356 g/mol. The molecule has 2 aliphatic heterocycles. The quantitative estimate of drug-likeness (QED) is 0.833. The van der Waals surface area contributed by atoms with Gasteiger partial charge in [-0.1, -0.05) is 19.9 Å². The topological polar surface area (TPSA) is 82.6 Å². The fraction of sp³-hybridized carbons (Fsp3) is 0.619. The largest absolute Gasteiger partial charge is 0.347 e. The van der Waals surface area contributed by atoms with Crippen LogP contribution in [0.15, 0.2) is 24.5 Å². The second kappa shape index (κ2) is 8.71. The number of pyridine rings is 1. The van der Waals surface area contributed by atoms with Crippen LogP contribution in [0.3, 0.4) is 0 Å². The summed E-state index contributed by atoms with van der Waals surface area (Å²) in [7, 11) is 0. The zero-order valence-corrected chi connectivity index (χ0v) is 16.8. The molecule has 0 aliphatic carbocycles. The number of carbonyl (C=O) groups excluding carboxylic acids is 3. The van der Waals surface area contributed by atoms with Crippen molar-refractivity contribution in [2.45, 2.75) is 46.1 Å². The monoisotopic (exact) mass is 386 g/mol. The van der Waals surface area contributed by atoms with Gasteiger partial charge in [0.1, 0.15) is 0 Å². The molecule has 0 unspecified atom stereocenters. The van der Waals surface area contributed by atoms with E-state index in [4.69, 9.17) is 0 Å². The molecule has 7 heteroatoms. The fourth-order valence-corrected chi connectivity index (χ4v) is 4.19. The van der Waals surface area contributed by atoms with E-state index in [9.17, 15) is 14.4 Å². The molecule has 3 rings (SSSR count). The summed E-state index contributed by atoms with van der Waals surface area (Å²) in [5.41, 5.74) is 0.972. The van der Waals surface area contributed by atoms with Crippen molar-refractivity contribution in [2.75, 3.05) is 26.2 Å². The molecule has 3 amide bonds. The van der Waals surface area contributed by atoms with Gasteiger partial charge in [-0.2, -0.15) is 0 Å². The van der Waals surface area contributed by atoms with E-state index in [1.807, 2.05) is 35.8 Å². The Hall–Kier alpha value is -2.44. The molecule has 3 heterocycles. The van der Waals surface area contributed by atoms with E-state index in [2.05, 4.69) is 10.3 Å². The Morgan fingerprint density at radius 3 is 2.82 bits per heavy atom. The fourth-order valence-electron chi connectivity index (χ4n) is 4.19. The zero-order chi connectivity index (χ0) is 20.1. The lowest BCUT2D eigenvalue weighted by atomic mass is 9.73.